The van der Waals surface area contributed by atoms with Crippen molar-refractivity contribution in [1.82, 2.24) is 15.1 Å². The van der Waals surface area contributed by atoms with Crippen molar-refractivity contribution in [1.29, 1.82) is 0 Å². The Morgan fingerprint density at radius 3 is 2.28 bits per heavy atom. The fraction of sp³-hybridized carbons (Fsp3) is 0.524. The third-order valence-electron chi connectivity index (χ3n) is 5.88. The quantitative estimate of drug-likeness (QED) is 0.660. The summed E-state index contributed by atoms with van der Waals surface area (Å²) in [6, 6.07) is 4.68. The van der Waals surface area contributed by atoms with Crippen molar-refractivity contribution in [3.05, 3.63) is 35.0 Å². The number of ether oxygens (including phenoxy) is 2. The minimum Gasteiger partial charge on any atom is -0.497 e. The SMILES string of the molecule is CC[NH+](CC)CCN1CC2=C(C1=O)[C@@H](c1cc(OC)cc(OC)c1)NC(=O)N2C. The van der Waals surface area contributed by atoms with Crippen molar-refractivity contribution >= 4 is 11.9 Å². The van der Waals surface area contributed by atoms with E-state index in [2.05, 4.69) is 19.2 Å². The van der Waals surface area contributed by atoms with Crippen molar-refractivity contribution < 1.29 is 24.0 Å². The Hall–Kier alpha value is -2.74. The molecular formula is C21H31N4O4+. The summed E-state index contributed by atoms with van der Waals surface area (Å²) in [4.78, 5) is 30.7. The lowest BCUT2D eigenvalue weighted by Crippen LogP contribution is -3.12. The molecule has 0 radical (unpaired) electrons. The van der Waals surface area contributed by atoms with Gasteiger partial charge < -0.3 is 24.6 Å². The second kappa shape index (κ2) is 8.73. The third-order valence-corrected chi connectivity index (χ3v) is 5.88. The largest absolute Gasteiger partial charge is 0.497 e. The molecule has 3 amide bonds. The third kappa shape index (κ3) is 4.03. The van der Waals surface area contributed by atoms with Crippen LogP contribution in [0.4, 0.5) is 4.79 Å². The average molecular weight is 404 g/mol. The molecule has 0 bridgehead atoms. The highest BCUT2D eigenvalue weighted by Gasteiger charge is 2.43. The van der Waals surface area contributed by atoms with E-state index in [9.17, 15) is 9.59 Å². The first-order valence-electron chi connectivity index (χ1n) is 10.1. The highest BCUT2D eigenvalue weighted by atomic mass is 16.5. The van der Waals surface area contributed by atoms with Gasteiger partial charge in [0, 0.05) is 13.1 Å². The zero-order valence-corrected chi connectivity index (χ0v) is 17.9. The molecule has 2 heterocycles. The van der Waals surface area contributed by atoms with Gasteiger partial charge in [-0.05, 0) is 31.5 Å². The number of urea groups is 1. The Bertz CT molecular complexity index is 797. The predicted octanol–water partition coefficient (Wildman–Crippen LogP) is 0.421. The predicted molar refractivity (Wildman–Crippen MR) is 109 cm³/mol. The van der Waals surface area contributed by atoms with Crippen molar-refractivity contribution in [2.24, 2.45) is 0 Å². The number of hydrogen-bond acceptors (Lipinski definition) is 4. The van der Waals surface area contributed by atoms with Gasteiger partial charge in [-0.1, -0.05) is 0 Å². The number of benzene rings is 1. The number of likely N-dealkylation sites (N-methyl/N-ethyl adjacent to an activating group) is 2. The van der Waals surface area contributed by atoms with Gasteiger partial charge in [-0.15, -0.1) is 0 Å². The Morgan fingerprint density at radius 1 is 1.10 bits per heavy atom. The van der Waals surface area contributed by atoms with Gasteiger partial charge in [-0.25, -0.2) is 4.79 Å². The summed E-state index contributed by atoms with van der Waals surface area (Å²) in [5.41, 5.74) is 2.15. The number of amides is 3. The van der Waals surface area contributed by atoms with Crippen LogP contribution in [0.15, 0.2) is 29.5 Å². The molecule has 29 heavy (non-hydrogen) atoms. The monoisotopic (exact) mass is 403 g/mol. The molecule has 3 rings (SSSR count). The van der Waals surface area contributed by atoms with Crippen LogP contribution in [0.1, 0.15) is 25.5 Å². The summed E-state index contributed by atoms with van der Waals surface area (Å²) in [7, 11) is 4.86. The van der Waals surface area contributed by atoms with Crippen LogP contribution >= 0.6 is 0 Å². The van der Waals surface area contributed by atoms with Crippen molar-refractivity contribution in [2.45, 2.75) is 19.9 Å². The summed E-state index contributed by atoms with van der Waals surface area (Å²) < 4.78 is 10.7. The number of hydrogen-bond donors (Lipinski definition) is 2. The lowest BCUT2D eigenvalue weighted by molar-refractivity contribution is -0.895. The minimum atomic E-state index is -0.531. The van der Waals surface area contributed by atoms with Gasteiger partial charge in [0.25, 0.3) is 5.91 Å². The first-order chi connectivity index (χ1) is 13.9. The Balaban J connectivity index is 1.92. The average Bonchev–Trinajstić information content (AvgIpc) is 3.07. The first kappa shape index (κ1) is 21.0. The zero-order valence-electron chi connectivity index (χ0n) is 17.9. The van der Waals surface area contributed by atoms with E-state index in [0.29, 0.717) is 30.2 Å². The molecule has 0 aliphatic carbocycles. The van der Waals surface area contributed by atoms with E-state index in [1.165, 1.54) is 4.90 Å². The molecule has 158 valence electrons. The lowest BCUT2D eigenvalue weighted by Gasteiger charge is -2.31. The normalized spacial score (nSPS) is 19.0. The molecule has 1 aromatic carbocycles. The number of carbonyl (C=O) groups excluding carboxylic acids is 2. The molecule has 1 atom stereocenters. The van der Waals surface area contributed by atoms with Crippen LogP contribution in [-0.4, -0.2) is 75.7 Å². The van der Waals surface area contributed by atoms with Gasteiger partial charge in [0.05, 0.1) is 64.3 Å². The molecule has 8 nitrogen and oxygen atoms in total. The molecule has 0 spiro atoms. The van der Waals surface area contributed by atoms with E-state index < -0.39 is 6.04 Å². The van der Waals surface area contributed by atoms with Gasteiger partial charge in [-0.2, -0.15) is 0 Å². The van der Waals surface area contributed by atoms with Crippen LogP contribution in [-0.2, 0) is 4.79 Å². The molecule has 0 saturated heterocycles. The number of rotatable bonds is 8. The van der Waals surface area contributed by atoms with Crippen LogP contribution in [0.2, 0.25) is 0 Å². The van der Waals surface area contributed by atoms with E-state index in [4.69, 9.17) is 9.47 Å². The van der Waals surface area contributed by atoms with E-state index in [1.54, 1.807) is 32.2 Å². The summed E-state index contributed by atoms with van der Waals surface area (Å²) in [6.07, 6.45) is 0. The summed E-state index contributed by atoms with van der Waals surface area (Å²) in [5, 5.41) is 2.96. The van der Waals surface area contributed by atoms with Crippen molar-refractivity contribution in [3.8, 4) is 11.5 Å². The smallest absolute Gasteiger partial charge is 0.322 e. The maximum Gasteiger partial charge on any atom is 0.322 e. The van der Waals surface area contributed by atoms with E-state index >= 15 is 0 Å². The van der Waals surface area contributed by atoms with Crippen molar-refractivity contribution in [2.75, 3.05) is 54.0 Å². The molecule has 0 saturated carbocycles. The Kier molecular flexibility index (Phi) is 6.32. The van der Waals surface area contributed by atoms with Crippen molar-refractivity contribution in [3.63, 3.8) is 0 Å². The van der Waals surface area contributed by atoms with Crippen LogP contribution in [0.3, 0.4) is 0 Å². The van der Waals surface area contributed by atoms with E-state index in [1.807, 2.05) is 17.0 Å². The van der Waals surface area contributed by atoms with E-state index in [0.717, 1.165) is 30.9 Å². The fourth-order valence-electron chi connectivity index (χ4n) is 3.95. The van der Waals surface area contributed by atoms with Gasteiger partial charge >= 0.3 is 6.03 Å². The summed E-state index contributed by atoms with van der Waals surface area (Å²) in [6.45, 7) is 8.36. The maximum atomic E-state index is 13.3. The first-order valence-corrected chi connectivity index (χ1v) is 10.1. The second-order valence-electron chi connectivity index (χ2n) is 7.38. The number of nitrogens with zero attached hydrogens (tertiary/aromatic N) is 2. The van der Waals surface area contributed by atoms with E-state index in [-0.39, 0.29) is 11.9 Å². The van der Waals surface area contributed by atoms with Crippen LogP contribution in [0, 0.1) is 0 Å². The lowest BCUT2D eigenvalue weighted by atomic mass is 9.95. The van der Waals surface area contributed by atoms with Gasteiger partial charge in [0.1, 0.15) is 11.5 Å². The molecule has 8 heteroatoms. The molecule has 0 fully saturated rings. The molecule has 2 N–H and O–H groups in total. The van der Waals surface area contributed by atoms with Gasteiger partial charge in [0.2, 0.25) is 0 Å². The number of nitrogens with one attached hydrogen (secondary N) is 2. The maximum absolute atomic E-state index is 13.3. The number of carbonyl (C=O) groups is 2. The number of methoxy groups -OCH3 is 2. The highest BCUT2D eigenvalue weighted by molar-refractivity contribution is 6.01. The van der Waals surface area contributed by atoms with Gasteiger partial charge in [-0.3, -0.25) is 9.69 Å². The molecular weight excluding hydrogens is 372 g/mol. The zero-order chi connectivity index (χ0) is 21.1. The Labute approximate surface area is 172 Å². The second-order valence-corrected chi connectivity index (χ2v) is 7.38. The molecule has 1 aromatic rings. The van der Waals surface area contributed by atoms with Crippen LogP contribution < -0.4 is 19.7 Å². The van der Waals surface area contributed by atoms with Crippen LogP contribution in [0.5, 0.6) is 11.5 Å². The Morgan fingerprint density at radius 2 is 1.72 bits per heavy atom. The van der Waals surface area contributed by atoms with Crippen LogP contribution in [0.25, 0.3) is 0 Å². The van der Waals surface area contributed by atoms with Gasteiger partial charge in [0.15, 0.2) is 0 Å². The molecule has 2 aliphatic rings. The summed E-state index contributed by atoms with van der Waals surface area (Å²) >= 11 is 0. The standard InChI is InChI=1S/C21H30N4O4/c1-6-24(7-2)8-9-25-13-17-18(20(25)26)19(22-21(27)23(17)3)14-10-15(28-4)12-16(11-14)29-5/h10-12,19H,6-9,13H2,1-5H3,(H,22,27)/p+1/t19-/m1/s1. The summed E-state index contributed by atoms with van der Waals surface area (Å²) in [5.74, 6) is 1.20. The minimum absolute atomic E-state index is 0.0230. The molecule has 0 unspecified atom stereocenters. The molecule has 2 aliphatic heterocycles. The highest BCUT2D eigenvalue weighted by Crippen LogP contribution is 2.37. The molecule has 0 aromatic heterocycles. The topological polar surface area (TPSA) is 75.5 Å². The number of quaternary nitrogens is 1. The fourth-order valence-corrected chi connectivity index (χ4v) is 3.95.